The van der Waals surface area contributed by atoms with E-state index in [2.05, 4.69) is 21.2 Å². The molecule has 0 saturated carbocycles. The predicted molar refractivity (Wildman–Crippen MR) is 107 cm³/mol. The topological polar surface area (TPSA) is 105 Å². The Bertz CT molecular complexity index is 1020. The van der Waals surface area contributed by atoms with Gasteiger partial charge in [-0.3, -0.25) is 19.8 Å². The van der Waals surface area contributed by atoms with Crippen LogP contribution in [0.4, 0.5) is 4.79 Å². The Kier molecular flexibility index (Phi) is 5.88. The Labute approximate surface area is 174 Å². The SMILES string of the molecule is COc1ccc(CN2C(=O)NC(=O)C(=Cc3cc(Br)c(O)c(OC)c3)C2=O)cc1. The van der Waals surface area contributed by atoms with Gasteiger partial charge in [-0.2, -0.15) is 0 Å². The van der Waals surface area contributed by atoms with Gasteiger partial charge in [-0.05, 0) is 57.4 Å². The summed E-state index contributed by atoms with van der Waals surface area (Å²) in [6.45, 7) is -0.0120. The Balaban J connectivity index is 1.92. The van der Waals surface area contributed by atoms with E-state index in [4.69, 9.17) is 9.47 Å². The quantitative estimate of drug-likeness (QED) is 0.524. The molecule has 2 aromatic carbocycles. The van der Waals surface area contributed by atoms with E-state index in [1.54, 1.807) is 24.3 Å². The number of ether oxygens (including phenoxy) is 2. The van der Waals surface area contributed by atoms with Crippen LogP contribution in [0.2, 0.25) is 0 Å². The first-order valence-corrected chi connectivity index (χ1v) is 9.21. The number of barbiturate groups is 1. The molecule has 0 radical (unpaired) electrons. The summed E-state index contributed by atoms with van der Waals surface area (Å²) in [6, 6.07) is 9.07. The van der Waals surface area contributed by atoms with Crippen LogP contribution in [-0.4, -0.2) is 42.1 Å². The molecule has 0 aromatic heterocycles. The van der Waals surface area contributed by atoms with Crippen LogP contribution in [0.3, 0.4) is 0 Å². The van der Waals surface area contributed by atoms with E-state index in [9.17, 15) is 19.5 Å². The van der Waals surface area contributed by atoms with Crippen LogP contribution in [0.1, 0.15) is 11.1 Å². The van der Waals surface area contributed by atoms with E-state index >= 15 is 0 Å². The molecule has 1 aliphatic heterocycles. The number of phenolic OH excluding ortho intramolecular Hbond substituents is 1. The third-order valence-electron chi connectivity index (χ3n) is 4.27. The van der Waals surface area contributed by atoms with Gasteiger partial charge >= 0.3 is 6.03 Å². The maximum atomic E-state index is 12.8. The zero-order chi connectivity index (χ0) is 21.1. The number of hydrogen-bond acceptors (Lipinski definition) is 6. The molecule has 1 fully saturated rings. The van der Waals surface area contributed by atoms with Gasteiger partial charge in [-0.15, -0.1) is 0 Å². The van der Waals surface area contributed by atoms with Crippen molar-refractivity contribution in [3.8, 4) is 17.2 Å². The molecule has 8 nitrogen and oxygen atoms in total. The monoisotopic (exact) mass is 460 g/mol. The largest absolute Gasteiger partial charge is 0.503 e. The molecule has 0 spiro atoms. The third-order valence-corrected chi connectivity index (χ3v) is 4.87. The van der Waals surface area contributed by atoms with E-state index in [0.717, 1.165) is 4.90 Å². The molecule has 2 aromatic rings. The van der Waals surface area contributed by atoms with Crippen LogP contribution < -0.4 is 14.8 Å². The van der Waals surface area contributed by atoms with Crippen LogP contribution in [-0.2, 0) is 16.1 Å². The molecule has 0 unspecified atom stereocenters. The zero-order valence-corrected chi connectivity index (χ0v) is 17.1. The molecule has 1 saturated heterocycles. The van der Waals surface area contributed by atoms with E-state index in [-0.39, 0.29) is 23.6 Å². The Morgan fingerprint density at radius 1 is 1.10 bits per heavy atom. The van der Waals surface area contributed by atoms with Crippen LogP contribution >= 0.6 is 15.9 Å². The number of halogens is 1. The van der Waals surface area contributed by atoms with Crippen LogP contribution in [0.5, 0.6) is 17.2 Å². The average molecular weight is 461 g/mol. The summed E-state index contributed by atoms with van der Waals surface area (Å²) in [5, 5.41) is 12.1. The number of aromatic hydroxyl groups is 1. The van der Waals surface area contributed by atoms with Crippen molar-refractivity contribution in [2.45, 2.75) is 6.54 Å². The van der Waals surface area contributed by atoms with Crippen molar-refractivity contribution in [2.75, 3.05) is 14.2 Å². The minimum absolute atomic E-state index is 0.0120. The summed E-state index contributed by atoms with van der Waals surface area (Å²) in [5.74, 6) is -0.816. The van der Waals surface area contributed by atoms with Gasteiger partial charge in [0.25, 0.3) is 11.8 Å². The minimum Gasteiger partial charge on any atom is -0.503 e. The summed E-state index contributed by atoms with van der Waals surface area (Å²) in [6.07, 6.45) is 1.33. The molecule has 150 valence electrons. The number of nitrogens with zero attached hydrogens (tertiary/aromatic N) is 1. The molecule has 0 aliphatic carbocycles. The van der Waals surface area contributed by atoms with Gasteiger partial charge in [0.2, 0.25) is 0 Å². The number of carbonyl (C=O) groups is 3. The number of methoxy groups -OCH3 is 2. The number of benzene rings is 2. The van der Waals surface area contributed by atoms with Gasteiger partial charge in [0.05, 0.1) is 25.2 Å². The van der Waals surface area contributed by atoms with Crippen molar-refractivity contribution in [1.29, 1.82) is 0 Å². The molecule has 4 amide bonds. The Morgan fingerprint density at radius 3 is 2.41 bits per heavy atom. The molecular formula is C20H17BrN2O6. The summed E-state index contributed by atoms with van der Waals surface area (Å²) in [4.78, 5) is 38.2. The molecule has 29 heavy (non-hydrogen) atoms. The third kappa shape index (κ3) is 4.24. The molecule has 2 N–H and O–H groups in total. The number of urea groups is 1. The summed E-state index contributed by atoms with van der Waals surface area (Å²) < 4.78 is 10.5. The van der Waals surface area contributed by atoms with E-state index in [0.29, 0.717) is 21.3 Å². The van der Waals surface area contributed by atoms with Crippen molar-refractivity contribution in [3.63, 3.8) is 0 Å². The first kappa shape index (κ1) is 20.4. The number of nitrogens with one attached hydrogen (secondary N) is 1. The highest BCUT2D eigenvalue weighted by Gasteiger charge is 2.35. The first-order valence-electron chi connectivity index (χ1n) is 8.42. The maximum Gasteiger partial charge on any atom is 0.331 e. The van der Waals surface area contributed by atoms with Crippen LogP contribution in [0, 0.1) is 0 Å². The van der Waals surface area contributed by atoms with Crippen molar-refractivity contribution < 1.29 is 29.0 Å². The van der Waals surface area contributed by atoms with Crippen LogP contribution in [0.15, 0.2) is 46.4 Å². The molecule has 1 heterocycles. The van der Waals surface area contributed by atoms with Gasteiger partial charge in [-0.1, -0.05) is 12.1 Å². The zero-order valence-electron chi connectivity index (χ0n) is 15.6. The smallest absolute Gasteiger partial charge is 0.331 e. The molecular weight excluding hydrogens is 444 g/mol. The molecule has 0 bridgehead atoms. The molecule has 9 heteroatoms. The lowest BCUT2D eigenvalue weighted by Gasteiger charge is -2.26. The summed E-state index contributed by atoms with van der Waals surface area (Å²) in [7, 11) is 2.92. The van der Waals surface area contributed by atoms with Gasteiger partial charge in [0.15, 0.2) is 11.5 Å². The number of rotatable bonds is 5. The number of imide groups is 2. The van der Waals surface area contributed by atoms with Gasteiger partial charge < -0.3 is 14.6 Å². The Morgan fingerprint density at radius 2 is 1.79 bits per heavy atom. The number of phenols is 1. The van der Waals surface area contributed by atoms with Gasteiger partial charge in [0, 0.05) is 0 Å². The van der Waals surface area contributed by atoms with Crippen molar-refractivity contribution in [1.82, 2.24) is 10.2 Å². The second-order valence-corrected chi connectivity index (χ2v) is 6.96. The van der Waals surface area contributed by atoms with Crippen molar-refractivity contribution in [3.05, 3.63) is 57.6 Å². The fourth-order valence-electron chi connectivity index (χ4n) is 2.75. The minimum atomic E-state index is -0.797. The summed E-state index contributed by atoms with van der Waals surface area (Å²) in [5.41, 5.74) is 0.915. The maximum absolute atomic E-state index is 12.8. The number of hydrogen-bond donors (Lipinski definition) is 2. The van der Waals surface area contributed by atoms with Crippen molar-refractivity contribution >= 4 is 39.9 Å². The summed E-state index contributed by atoms with van der Waals surface area (Å²) >= 11 is 3.19. The van der Waals surface area contributed by atoms with Crippen molar-refractivity contribution in [2.24, 2.45) is 0 Å². The number of amides is 4. The fraction of sp³-hybridized carbons (Fsp3) is 0.150. The van der Waals surface area contributed by atoms with Gasteiger partial charge in [0.1, 0.15) is 11.3 Å². The lowest BCUT2D eigenvalue weighted by molar-refractivity contribution is -0.130. The molecule has 3 rings (SSSR count). The lowest BCUT2D eigenvalue weighted by Crippen LogP contribution is -2.53. The normalized spacial score (nSPS) is 15.5. The molecule has 1 aliphatic rings. The fourth-order valence-corrected chi connectivity index (χ4v) is 3.21. The van der Waals surface area contributed by atoms with E-state index in [1.165, 1.54) is 32.4 Å². The second kappa shape index (κ2) is 8.36. The lowest BCUT2D eigenvalue weighted by atomic mass is 10.1. The Hall–Kier alpha value is -3.33. The predicted octanol–water partition coefficient (Wildman–Crippen LogP) is 2.83. The second-order valence-electron chi connectivity index (χ2n) is 6.11. The highest BCUT2D eigenvalue weighted by molar-refractivity contribution is 9.10. The van der Waals surface area contributed by atoms with E-state index in [1.807, 2.05) is 0 Å². The number of carbonyl (C=O) groups excluding carboxylic acids is 3. The van der Waals surface area contributed by atoms with Gasteiger partial charge in [-0.25, -0.2) is 4.79 Å². The van der Waals surface area contributed by atoms with E-state index < -0.39 is 17.8 Å². The average Bonchev–Trinajstić information content (AvgIpc) is 2.71. The van der Waals surface area contributed by atoms with Crippen LogP contribution in [0.25, 0.3) is 6.08 Å². The molecule has 0 atom stereocenters. The highest BCUT2D eigenvalue weighted by atomic mass is 79.9. The first-order chi connectivity index (χ1) is 13.8. The highest BCUT2D eigenvalue weighted by Crippen LogP contribution is 2.36. The standard InChI is InChI=1S/C20H17BrN2O6/c1-28-13-5-3-11(4-6-13)10-23-19(26)14(18(25)22-20(23)27)7-12-8-15(21)17(24)16(9-12)29-2/h3-9,24H,10H2,1-2H3,(H,22,25,27).